The van der Waals surface area contributed by atoms with Gasteiger partial charge in [-0.2, -0.15) is 0 Å². The lowest BCUT2D eigenvalue weighted by Crippen LogP contribution is -2.21. The van der Waals surface area contributed by atoms with Crippen molar-refractivity contribution in [2.75, 3.05) is 20.2 Å². The van der Waals surface area contributed by atoms with Crippen LogP contribution < -0.4 is 10.1 Å². The molecule has 0 saturated heterocycles. The number of hydrogen-bond donors (Lipinski definition) is 1. The molecule has 2 nitrogen and oxygen atoms in total. The molecule has 2 heteroatoms. The van der Waals surface area contributed by atoms with Crippen molar-refractivity contribution in [3.05, 3.63) is 29.3 Å². The van der Waals surface area contributed by atoms with Crippen LogP contribution >= 0.6 is 0 Å². The van der Waals surface area contributed by atoms with Gasteiger partial charge < -0.3 is 10.1 Å². The van der Waals surface area contributed by atoms with Gasteiger partial charge in [0.15, 0.2) is 0 Å². The van der Waals surface area contributed by atoms with E-state index in [1.54, 1.807) is 7.11 Å². The van der Waals surface area contributed by atoms with Gasteiger partial charge in [0.2, 0.25) is 0 Å². The molecule has 1 aromatic carbocycles. The zero-order valence-electron chi connectivity index (χ0n) is 12.0. The van der Waals surface area contributed by atoms with E-state index in [9.17, 15) is 0 Å². The largest absolute Gasteiger partial charge is 0.496 e. The monoisotopic (exact) mass is 247 g/mol. The summed E-state index contributed by atoms with van der Waals surface area (Å²) in [5.41, 5.74) is 3.01. The standard InChI is InChI=1S/C16H25NO/c1-5-8-17-11-13-10-16(13,3)14-9-12(2)6-7-15(14)18-4/h6-7,9,13,17H,5,8,10-11H2,1-4H3. The Kier molecular flexibility index (Phi) is 3.96. The minimum Gasteiger partial charge on any atom is -0.496 e. The molecule has 0 bridgehead atoms. The first-order chi connectivity index (χ1) is 8.61. The summed E-state index contributed by atoms with van der Waals surface area (Å²) < 4.78 is 5.52. The second kappa shape index (κ2) is 5.31. The lowest BCUT2D eigenvalue weighted by atomic mass is 9.93. The molecule has 18 heavy (non-hydrogen) atoms. The maximum absolute atomic E-state index is 5.52. The van der Waals surface area contributed by atoms with Crippen molar-refractivity contribution in [2.45, 2.75) is 39.0 Å². The normalized spacial score (nSPS) is 26.1. The van der Waals surface area contributed by atoms with Crippen molar-refractivity contribution >= 4 is 0 Å². The predicted molar refractivity (Wildman–Crippen MR) is 76.4 cm³/mol. The van der Waals surface area contributed by atoms with E-state index in [4.69, 9.17) is 4.74 Å². The highest BCUT2D eigenvalue weighted by atomic mass is 16.5. The lowest BCUT2D eigenvalue weighted by Gasteiger charge is -2.17. The quantitative estimate of drug-likeness (QED) is 0.779. The van der Waals surface area contributed by atoms with Crippen LogP contribution in [-0.2, 0) is 5.41 Å². The smallest absolute Gasteiger partial charge is 0.122 e. The van der Waals surface area contributed by atoms with Crippen LogP contribution in [0.25, 0.3) is 0 Å². The molecule has 0 radical (unpaired) electrons. The second-order valence-electron chi connectivity index (χ2n) is 5.73. The van der Waals surface area contributed by atoms with Crippen molar-refractivity contribution in [3.8, 4) is 5.75 Å². The van der Waals surface area contributed by atoms with E-state index in [2.05, 4.69) is 44.3 Å². The minimum absolute atomic E-state index is 0.304. The van der Waals surface area contributed by atoms with Crippen LogP contribution in [0.1, 0.15) is 37.8 Å². The summed E-state index contributed by atoms with van der Waals surface area (Å²) in [4.78, 5) is 0. The minimum atomic E-state index is 0.304. The lowest BCUT2D eigenvalue weighted by molar-refractivity contribution is 0.402. The van der Waals surface area contributed by atoms with Gasteiger partial charge in [-0.05, 0) is 44.8 Å². The van der Waals surface area contributed by atoms with Gasteiger partial charge in [0.25, 0.3) is 0 Å². The Balaban J connectivity index is 2.10. The molecule has 1 saturated carbocycles. The zero-order valence-corrected chi connectivity index (χ0v) is 12.0. The molecular weight excluding hydrogens is 222 g/mol. The van der Waals surface area contributed by atoms with Gasteiger partial charge in [0.05, 0.1) is 7.11 Å². The summed E-state index contributed by atoms with van der Waals surface area (Å²) in [6, 6.07) is 6.52. The van der Waals surface area contributed by atoms with Crippen LogP contribution in [0.15, 0.2) is 18.2 Å². The molecule has 0 aromatic heterocycles. The van der Waals surface area contributed by atoms with Crippen molar-refractivity contribution in [2.24, 2.45) is 5.92 Å². The third-order valence-corrected chi connectivity index (χ3v) is 4.20. The Morgan fingerprint density at radius 2 is 2.22 bits per heavy atom. The predicted octanol–water partition coefficient (Wildman–Crippen LogP) is 3.28. The number of aryl methyl sites for hydroxylation is 1. The number of methoxy groups -OCH3 is 1. The average Bonchev–Trinajstić information content (AvgIpc) is 3.02. The molecule has 1 aliphatic rings. The Morgan fingerprint density at radius 1 is 1.44 bits per heavy atom. The van der Waals surface area contributed by atoms with E-state index in [1.807, 2.05) is 0 Å². The van der Waals surface area contributed by atoms with Crippen molar-refractivity contribution < 1.29 is 4.74 Å². The molecule has 100 valence electrons. The Morgan fingerprint density at radius 3 is 2.89 bits per heavy atom. The molecular formula is C16H25NO. The zero-order chi connectivity index (χ0) is 13.2. The van der Waals surface area contributed by atoms with E-state index in [1.165, 1.54) is 24.0 Å². The van der Waals surface area contributed by atoms with Crippen LogP contribution in [-0.4, -0.2) is 20.2 Å². The highest BCUT2D eigenvalue weighted by Gasteiger charge is 2.51. The summed E-state index contributed by atoms with van der Waals surface area (Å²) in [5, 5.41) is 3.53. The van der Waals surface area contributed by atoms with Gasteiger partial charge in [-0.25, -0.2) is 0 Å². The van der Waals surface area contributed by atoms with Gasteiger partial charge in [0.1, 0.15) is 5.75 Å². The van der Waals surface area contributed by atoms with E-state index < -0.39 is 0 Å². The fraction of sp³-hybridized carbons (Fsp3) is 0.625. The SMILES string of the molecule is CCCNCC1CC1(C)c1cc(C)ccc1OC. The fourth-order valence-corrected chi connectivity index (χ4v) is 2.80. The van der Waals surface area contributed by atoms with E-state index in [-0.39, 0.29) is 0 Å². The topological polar surface area (TPSA) is 21.3 Å². The maximum Gasteiger partial charge on any atom is 0.122 e. The van der Waals surface area contributed by atoms with Crippen LogP contribution in [0.2, 0.25) is 0 Å². The van der Waals surface area contributed by atoms with E-state index in [0.29, 0.717) is 5.41 Å². The maximum atomic E-state index is 5.52. The number of hydrogen-bond acceptors (Lipinski definition) is 2. The molecule has 1 N–H and O–H groups in total. The number of nitrogens with one attached hydrogen (secondary N) is 1. The first-order valence-electron chi connectivity index (χ1n) is 6.97. The summed E-state index contributed by atoms with van der Waals surface area (Å²) in [5.74, 6) is 1.79. The van der Waals surface area contributed by atoms with E-state index in [0.717, 1.165) is 24.8 Å². The summed E-state index contributed by atoms with van der Waals surface area (Å²) >= 11 is 0. The van der Waals surface area contributed by atoms with Gasteiger partial charge >= 0.3 is 0 Å². The Labute approximate surface area is 111 Å². The van der Waals surface area contributed by atoms with Crippen LogP contribution in [0, 0.1) is 12.8 Å². The second-order valence-corrected chi connectivity index (χ2v) is 5.73. The Hall–Kier alpha value is -1.02. The van der Waals surface area contributed by atoms with Crippen molar-refractivity contribution in [1.82, 2.24) is 5.32 Å². The molecule has 1 aliphatic carbocycles. The highest BCUT2D eigenvalue weighted by molar-refractivity contribution is 5.46. The first-order valence-corrected chi connectivity index (χ1v) is 6.97. The molecule has 1 fully saturated rings. The number of rotatable bonds is 6. The summed E-state index contributed by atoms with van der Waals surface area (Å²) in [6.45, 7) is 8.98. The first kappa shape index (κ1) is 13.4. The van der Waals surface area contributed by atoms with Crippen LogP contribution in [0.5, 0.6) is 5.75 Å². The van der Waals surface area contributed by atoms with Gasteiger partial charge in [-0.15, -0.1) is 0 Å². The van der Waals surface area contributed by atoms with Crippen molar-refractivity contribution in [3.63, 3.8) is 0 Å². The molecule has 0 spiro atoms. The third kappa shape index (κ3) is 2.54. The molecule has 1 aromatic rings. The molecule has 0 heterocycles. The molecule has 2 rings (SSSR count). The molecule has 2 unspecified atom stereocenters. The summed E-state index contributed by atoms with van der Waals surface area (Å²) in [6.07, 6.45) is 2.47. The van der Waals surface area contributed by atoms with Crippen molar-refractivity contribution in [1.29, 1.82) is 0 Å². The Bertz CT molecular complexity index is 416. The van der Waals surface area contributed by atoms with Gasteiger partial charge in [0, 0.05) is 11.0 Å². The van der Waals surface area contributed by atoms with Crippen LogP contribution in [0.4, 0.5) is 0 Å². The fourth-order valence-electron chi connectivity index (χ4n) is 2.80. The molecule has 0 aliphatic heterocycles. The van der Waals surface area contributed by atoms with E-state index >= 15 is 0 Å². The molecule has 0 amide bonds. The van der Waals surface area contributed by atoms with Gasteiger partial charge in [-0.3, -0.25) is 0 Å². The third-order valence-electron chi connectivity index (χ3n) is 4.20. The van der Waals surface area contributed by atoms with Crippen LogP contribution in [0.3, 0.4) is 0 Å². The number of ether oxygens (including phenoxy) is 1. The van der Waals surface area contributed by atoms with Gasteiger partial charge in [-0.1, -0.05) is 31.5 Å². The average molecular weight is 247 g/mol. The number of benzene rings is 1. The highest BCUT2D eigenvalue weighted by Crippen LogP contribution is 2.56. The molecule has 2 atom stereocenters. The summed E-state index contributed by atoms with van der Waals surface area (Å²) in [7, 11) is 1.77.